The fraction of sp³-hybridized carbons (Fsp3) is 0.394. The van der Waals surface area contributed by atoms with Crippen LogP contribution in [0.3, 0.4) is 0 Å². The first-order chi connectivity index (χ1) is 21.2. The molecule has 2 amide bonds. The number of nitrogens with one attached hydrogen (secondary N) is 1. The van der Waals surface area contributed by atoms with Gasteiger partial charge in [0, 0.05) is 17.5 Å². The van der Waals surface area contributed by atoms with E-state index in [2.05, 4.69) is 5.32 Å². The molecule has 1 aliphatic rings. The van der Waals surface area contributed by atoms with Crippen molar-refractivity contribution in [1.29, 1.82) is 0 Å². The predicted octanol–water partition coefficient (Wildman–Crippen LogP) is 5.49. The number of hydrogen-bond donors (Lipinski definition) is 1. The summed E-state index contributed by atoms with van der Waals surface area (Å²) in [7, 11) is -2.66. The van der Waals surface area contributed by atoms with Crippen molar-refractivity contribution in [2.75, 3.05) is 30.8 Å². The van der Waals surface area contributed by atoms with E-state index < -0.39 is 28.5 Å². The molecule has 3 aromatic carbocycles. The summed E-state index contributed by atoms with van der Waals surface area (Å²) in [5.41, 5.74) is 0.982. The van der Waals surface area contributed by atoms with Crippen LogP contribution < -0.4 is 19.1 Å². The monoisotopic (exact) mass is 639 g/mol. The SMILES string of the molecule is CCOc1ccccc1N(CC(=O)N(Cc1cccc(OC)c1)[C@@H](C)C(=O)NC1CCCC1)S(=O)(=O)c1ccc(SC)cc1. The van der Waals surface area contributed by atoms with Gasteiger partial charge < -0.3 is 19.7 Å². The number of hydrogen-bond acceptors (Lipinski definition) is 7. The highest BCUT2D eigenvalue weighted by Gasteiger charge is 2.34. The van der Waals surface area contributed by atoms with E-state index in [4.69, 9.17) is 9.47 Å². The van der Waals surface area contributed by atoms with Gasteiger partial charge in [0.2, 0.25) is 11.8 Å². The number of nitrogens with zero attached hydrogens (tertiary/aromatic N) is 2. The van der Waals surface area contributed by atoms with Crippen LogP contribution in [-0.2, 0) is 26.2 Å². The molecule has 0 saturated heterocycles. The second-order valence-corrected chi connectivity index (χ2v) is 13.4. The van der Waals surface area contributed by atoms with E-state index in [1.54, 1.807) is 62.6 Å². The quantitative estimate of drug-likeness (QED) is 0.233. The average molecular weight is 640 g/mol. The zero-order chi connectivity index (χ0) is 31.7. The number of benzene rings is 3. The van der Waals surface area contributed by atoms with Crippen LogP contribution in [0.4, 0.5) is 5.69 Å². The van der Waals surface area contributed by atoms with Crippen LogP contribution in [0.5, 0.6) is 11.5 Å². The summed E-state index contributed by atoms with van der Waals surface area (Å²) in [6.07, 6.45) is 5.81. The lowest BCUT2D eigenvalue weighted by Gasteiger charge is -2.33. The van der Waals surface area contributed by atoms with Crippen molar-refractivity contribution >= 4 is 39.3 Å². The lowest BCUT2D eigenvalue weighted by Crippen LogP contribution is -2.52. The zero-order valence-electron chi connectivity index (χ0n) is 25.7. The van der Waals surface area contributed by atoms with E-state index in [-0.39, 0.29) is 29.1 Å². The van der Waals surface area contributed by atoms with E-state index >= 15 is 0 Å². The topological polar surface area (TPSA) is 105 Å². The second kappa shape index (κ2) is 15.3. The predicted molar refractivity (Wildman–Crippen MR) is 174 cm³/mol. The third kappa shape index (κ3) is 8.06. The number of carbonyl (C=O) groups excluding carboxylic acids is 2. The summed E-state index contributed by atoms with van der Waals surface area (Å²) in [5, 5.41) is 3.09. The molecular weight excluding hydrogens is 599 g/mol. The summed E-state index contributed by atoms with van der Waals surface area (Å²) < 4.78 is 40.7. The van der Waals surface area contributed by atoms with Crippen LogP contribution in [0.2, 0.25) is 0 Å². The molecule has 236 valence electrons. The van der Waals surface area contributed by atoms with Crippen LogP contribution in [-0.4, -0.2) is 63.7 Å². The third-order valence-corrected chi connectivity index (χ3v) is 10.2. The van der Waals surface area contributed by atoms with Gasteiger partial charge >= 0.3 is 0 Å². The Morgan fingerprint density at radius 1 is 1.02 bits per heavy atom. The normalized spacial score (nSPS) is 14.1. The highest BCUT2D eigenvalue weighted by atomic mass is 32.2. The van der Waals surface area contributed by atoms with Gasteiger partial charge in [-0.3, -0.25) is 13.9 Å². The molecule has 0 unspecified atom stereocenters. The molecule has 4 rings (SSSR count). The number of carbonyl (C=O) groups is 2. The van der Waals surface area contributed by atoms with Gasteiger partial charge in [-0.25, -0.2) is 8.42 Å². The molecule has 9 nitrogen and oxygen atoms in total. The van der Waals surface area contributed by atoms with E-state index in [0.717, 1.165) is 40.4 Å². The number of thioether (sulfide) groups is 1. The van der Waals surface area contributed by atoms with Gasteiger partial charge in [0.1, 0.15) is 24.1 Å². The number of ether oxygens (including phenoxy) is 2. The van der Waals surface area contributed by atoms with Crippen LogP contribution in [0, 0.1) is 0 Å². The van der Waals surface area contributed by atoms with Gasteiger partial charge in [-0.2, -0.15) is 0 Å². The van der Waals surface area contributed by atoms with Gasteiger partial charge in [-0.15, -0.1) is 11.8 Å². The molecule has 0 radical (unpaired) electrons. The minimum Gasteiger partial charge on any atom is -0.497 e. The molecule has 11 heteroatoms. The van der Waals surface area contributed by atoms with Crippen molar-refractivity contribution in [2.45, 2.75) is 68.0 Å². The van der Waals surface area contributed by atoms with E-state index in [1.165, 1.54) is 28.8 Å². The van der Waals surface area contributed by atoms with Crippen molar-refractivity contribution in [2.24, 2.45) is 0 Å². The van der Waals surface area contributed by atoms with Crippen molar-refractivity contribution in [3.8, 4) is 11.5 Å². The Hall–Kier alpha value is -3.70. The summed E-state index contributed by atoms with van der Waals surface area (Å²) in [6.45, 7) is 3.33. The van der Waals surface area contributed by atoms with Crippen LogP contribution in [0.1, 0.15) is 45.1 Å². The molecule has 1 saturated carbocycles. The number of sulfonamides is 1. The Morgan fingerprint density at radius 2 is 1.73 bits per heavy atom. The maximum absolute atomic E-state index is 14.3. The molecule has 1 aliphatic carbocycles. The molecule has 3 aromatic rings. The number of methoxy groups -OCH3 is 1. The standard InChI is InChI=1S/C33H41N3O6S2/c1-5-42-31-16-9-8-15-30(31)36(44(39,40)29-19-17-28(43-4)18-20-29)23-32(37)35(22-25-11-10-14-27(21-25)41-3)24(2)33(38)34-26-12-6-7-13-26/h8-11,14-21,24,26H,5-7,12-13,22-23H2,1-4H3,(H,34,38)/t24-/m0/s1. The largest absolute Gasteiger partial charge is 0.497 e. The van der Waals surface area contributed by atoms with Crippen molar-refractivity contribution in [3.63, 3.8) is 0 Å². The fourth-order valence-electron chi connectivity index (χ4n) is 5.27. The summed E-state index contributed by atoms with van der Waals surface area (Å²) in [6, 6.07) is 19.7. The van der Waals surface area contributed by atoms with Crippen LogP contribution in [0.25, 0.3) is 0 Å². The number of anilines is 1. The van der Waals surface area contributed by atoms with Crippen molar-refractivity contribution in [3.05, 3.63) is 78.4 Å². The Labute approximate surface area is 265 Å². The zero-order valence-corrected chi connectivity index (χ0v) is 27.3. The molecule has 0 bridgehead atoms. The van der Waals surface area contributed by atoms with E-state index in [1.807, 2.05) is 25.3 Å². The number of para-hydroxylation sites is 2. The lowest BCUT2D eigenvalue weighted by atomic mass is 10.1. The first kappa shape index (κ1) is 33.2. The first-order valence-electron chi connectivity index (χ1n) is 14.8. The highest BCUT2D eigenvalue weighted by Crippen LogP contribution is 2.33. The van der Waals surface area contributed by atoms with Crippen LogP contribution in [0.15, 0.2) is 82.6 Å². The molecule has 1 N–H and O–H groups in total. The minimum atomic E-state index is -4.22. The highest BCUT2D eigenvalue weighted by molar-refractivity contribution is 7.98. The number of rotatable bonds is 14. The van der Waals surface area contributed by atoms with Gasteiger partial charge in [0.15, 0.2) is 0 Å². The summed E-state index contributed by atoms with van der Waals surface area (Å²) in [4.78, 5) is 30.1. The molecule has 1 atom stereocenters. The van der Waals surface area contributed by atoms with Crippen LogP contribution >= 0.6 is 11.8 Å². The molecule has 0 aliphatic heterocycles. The van der Waals surface area contributed by atoms with Gasteiger partial charge in [-0.05, 0) is 87.0 Å². The average Bonchev–Trinajstić information content (AvgIpc) is 3.55. The smallest absolute Gasteiger partial charge is 0.264 e. The maximum atomic E-state index is 14.3. The molecule has 44 heavy (non-hydrogen) atoms. The third-order valence-electron chi connectivity index (χ3n) is 7.72. The lowest BCUT2D eigenvalue weighted by molar-refractivity contribution is -0.139. The van der Waals surface area contributed by atoms with E-state index in [9.17, 15) is 18.0 Å². The Bertz CT molecular complexity index is 1520. The van der Waals surface area contributed by atoms with Crippen molar-refractivity contribution < 1.29 is 27.5 Å². The molecule has 0 aromatic heterocycles. The fourth-order valence-corrected chi connectivity index (χ4v) is 7.10. The second-order valence-electron chi connectivity index (χ2n) is 10.6. The van der Waals surface area contributed by atoms with Gasteiger partial charge in [0.05, 0.1) is 24.3 Å². The van der Waals surface area contributed by atoms with E-state index in [0.29, 0.717) is 18.1 Å². The molecular formula is C33H41N3O6S2. The van der Waals surface area contributed by atoms with Gasteiger partial charge in [-0.1, -0.05) is 37.1 Å². The number of amides is 2. The molecule has 0 spiro atoms. The maximum Gasteiger partial charge on any atom is 0.264 e. The Morgan fingerprint density at radius 3 is 2.39 bits per heavy atom. The molecule has 0 heterocycles. The van der Waals surface area contributed by atoms with Gasteiger partial charge in [0.25, 0.3) is 10.0 Å². The summed E-state index contributed by atoms with van der Waals surface area (Å²) >= 11 is 1.50. The Kier molecular flexibility index (Phi) is 11.6. The first-order valence-corrected chi connectivity index (χ1v) is 17.5. The molecule has 1 fully saturated rings. The minimum absolute atomic E-state index is 0.0424. The van der Waals surface area contributed by atoms with Crippen molar-refractivity contribution in [1.82, 2.24) is 10.2 Å². The Balaban J connectivity index is 1.73. The summed E-state index contributed by atoms with van der Waals surface area (Å²) in [5.74, 6) is 0.141.